The first-order chi connectivity index (χ1) is 10.6. The summed E-state index contributed by atoms with van der Waals surface area (Å²) in [6.45, 7) is 13.4. The number of aryl methyl sites for hydroxylation is 1. The van der Waals surface area contributed by atoms with Crippen molar-refractivity contribution in [3.8, 4) is 0 Å². The molecule has 0 bridgehead atoms. The number of hydrogen-bond donors (Lipinski definition) is 0. The maximum absolute atomic E-state index is 4.40. The van der Waals surface area contributed by atoms with Gasteiger partial charge in [-0.1, -0.05) is 80.0 Å². The minimum atomic E-state index is 0.532. The summed E-state index contributed by atoms with van der Waals surface area (Å²) in [5.41, 5.74) is 6.97. The van der Waals surface area contributed by atoms with Gasteiger partial charge >= 0.3 is 0 Å². The van der Waals surface area contributed by atoms with Crippen LogP contribution in [0.4, 0.5) is 0 Å². The van der Waals surface area contributed by atoms with Crippen molar-refractivity contribution in [3.05, 3.63) is 65.3 Å². The zero-order valence-electron chi connectivity index (χ0n) is 14.7. The van der Waals surface area contributed by atoms with Crippen LogP contribution in [0.15, 0.2) is 54.1 Å². The van der Waals surface area contributed by atoms with Crippen molar-refractivity contribution >= 4 is 5.57 Å². The molecule has 0 heterocycles. The number of benzene rings is 1. The molecule has 1 aromatic carbocycles. The van der Waals surface area contributed by atoms with Crippen molar-refractivity contribution < 1.29 is 0 Å². The van der Waals surface area contributed by atoms with Gasteiger partial charge in [0.1, 0.15) is 0 Å². The molecule has 0 aromatic heterocycles. The first-order valence-electron chi connectivity index (χ1n) is 8.71. The second kappa shape index (κ2) is 7.63. The quantitative estimate of drug-likeness (QED) is 0.489. The van der Waals surface area contributed by atoms with Gasteiger partial charge in [-0.15, -0.1) is 0 Å². The lowest BCUT2D eigenvalue weighted by Crippen LogP contribution is -2.14. The van der Waals surface area contributed by atoms with E-state index in [0.29, 0.717) is 11.8 Å². The summed E-state index contributed by atoms with van der Waals surface area (Å²) in [4.78, 5) is 0. The minimum Gasteiger partial charge on any atom is -0.0995 e. The van der Waals surface area contributed by atoms with Crippen LogP contribution in [-0.2, 0) is 0 Å². The molecule has 0 nitrogen and oxygen atoms in total. The Morgan fingerprint density at radius 2 is 2.00 bits per heavy atom. The van der Waals surface area contributed by atoms with E-state index in [0.717, 1.165) is 0 Å². The van der Waals surface area contributed by atoms with Gasteiger partial charge in [0.25, 0.3) is 0 Å². The van der Waals surface area contributed by atoms with E-state index in [1.54, 1.807) is 0 Å². The smallest absolute Gasteiger partial charge is 0.00518 e. The van der Waals surface area contributed by atoms with Gasteiger partial charge in [0, 0.05) is 5.92 Å². The highest BCUT2D eigenvalue weighted by atomic mass is 14.3. The normalized spacial score (nSPS) is 18.8. The van der Waals surface area contributed by atoms with E-state index in [4.69, 9.17) is 0 Å². The third kappa shape index (κ3) is 3.80. The van der Waals surface area contributed by atoms with E-state index < -0.39 is 0 Å². The summed E-state index contributed by atoms with van der Waals surface area (Å²) in [5, 5.41) is 0. The molecule has 0 amide bonds. The van der Waals surface area contributed by atoms with Gasteiger partial charge in [0.05, 0.1) is 0 Å². The predicted molar refractivity (Wildman–Crippen MR) is 98.8 cm³/mol. The average molecular weight is 294 g/mol. The third-order valence-electron chi connectivity index (χ3n) is 4.87. The fourth-order valence-corrected chi connectivity index (χ4v) is 3.54. The second-order valence-corrected chi connectivity index (χ2v) is 6.68. The molecule has 0 spiro atoms. The highest BCUT2D eigenvalue weighted by Crippen LogP contribution is 2.39. The number of allylic oxidation sites excluding steroid dienone is 5. The van der Waals surface area contributed by atoms with Crippen LogP contribution < -0.4 is 0 Å². The predicted octanol–water partition coefficient (Wildman–Crippen LogP) is 6.73. The molecule has 0 saturated carbocycles. The van der Waals surface area contributed by atoms with Crippen LogP contribution in [0.3, 0.4) is 0 Å². The maximum Gasteiger partial charge on any atom is 0.00518 e. The first kappa shape index (κ1) is 16.8. The molecule has 118 valence electrons. The van der Waals surface area contributed by atoms with Crippen molar-refractivity contribution in [2.24, 2.45) is 11.8 Å². The number of unbranched alkanes of at least 4 members (excludes halogenated alkanes) is 1. The topological polar surface area (TPSA) is 0 Å². The molecule has 0 radical (unpaired) electrons. The Kier molecular flexibility index (Phi) is 5.83. The van der Waals surface area contributed by atoms with Crippen LogP contribution in [0.25, 0.3) is 5.57 Å². The van der Waals surface area contributed by atoms with Crippen LogP contribution >= 0.6 is 0 Å². The zero-order chi connectivity index (χ0) is 16.1. The van der Waals surface area contributed by atoms with Gasteiger partial charge in [0.2, 0.25) is 0 Å². The molecule has 0 saturated heterocycles. The Hall–Kier alpha value is -1.56. The highest BCUT2D eigenvalue weighted by Gasteiger charge is 2.26. The fourth-order valence-electron chi connectivity index (χ4n) is 3.54. The molecular formula is C22H30. The summed E-state index contributed by atoms with van der Waals surface area (Å²) in [6, 6.07) is 8.82. The van der Waals surface area contributed by atoms with Gasteiger partial charge < -0.3 is 0 Å². The van der Waals surface area contributed by atoms with E-state index in [-0.39, 0.29) is 0 Å². The monoisotopic (exact) mass is 294 g/mol. The summed E-state index contributed by atoms with van der Waals surface area (Å²) in [5.74, 6) is 1.12. The van der Waals surface area contributed by atoms with Crippen molar-refractivity contribution in [3.63, 3.8) is 0 Å². The van der Waals surface area contributed by atoms with E-state index >= 15 is 0 Å². The molecular weight excluding hydrogens is 264 g/mol. The zero-order valence-corrected chi connectivity index (χ0v) is 14.7. The van der Waals surface area contributed by atoms with Crippen LogP contribution in [0.2, 0.25) is 0 Å². The van der Waals surface area contributed by atoms with Crippen molar-refractivity contribution in [1.82, 2.24) is 0 Å². The van der Waals surface area contributed by atoms with E-state index in [1.165, 1.54) is 53.5 Å². The van der Waals surface area contributed by atoms with E-state index in [2.05, 4.69) is 70.7 Å². The van der Waals surface area contributed by atoms with E-state index in [1.807, 2.05) is 0 Å². The Bertz CT molecular complexity index is 586. The van der Waals surface area contributed by atoms with Crippen molar-refractivity contribution in [1.29, 1.82) is 0 Å². The minimum absolute atomic E-state index is 0.532. The van der Waals surface area contributed by atoms with Gasteiger partial charge in [-0.05, 0) is 50.2 Å². The van der Waals surface area contributed by atoms with E-state index in [9.17, 15) is 0 Å². The second-order valence-electron chi connectivity index (χ2n) is 6.68. The van der Waals surface area contributed by atoms with Gasteiger partial charge in [0.15, 0.2) is 0 Å². The summed E-state index contributed by atoms with van der Waals surface area (Å²) in [6.07, 6.45) is 9.70. The molecule has 0 heteroatoms. The third-order valence-corrected chi connectivity index (χ3v) is 4.87. The maximum atomic E-state index is 4.40. The van der Waals surface area contributed by atoms with Crippen LogP contribution in [-0.4, -0.2) is 0 Å². The highest BCUT2D eigenvalue weighted by molar-refractivity contribution is 5.78. The lowest BCUT2D eigenvalue weighted by molar-refractivity contribution is 0.476. The standard InChI is InChI=1S/C22H30/c1-6-8-11-17(4)21(7-2)22-15-20(14-18(22)5)19-12-9-10-16(3)13-19/h9-10,12-15,21-22H,4,6-8,11H2,1-3,5H3. The Balaban J connectivity index is 2.21. The average Bonchev–Trinajstić information content (AvgIpc) is 2.88. The molecule has 0 N–H and O–H groups in total. The Morgan fingerprint density at radius 3 is 2.64 bits per heavy atom. The molecule has 2 rings (SSSR count). The molecule has 2 unspecified atom stereocenters. The Morgan fingerprint density at radius 1 is 1.23 bits per heavy atom. The number of hydrogen-bond acceptors (Lipinski definition) is 0. The first-order valence-corrected chi connectivity index (χ1v) is 8.71. The van der Waals surface area contributed by atoms with Crippen LogP contribution in [0.5, 0.6) is 0 Å². The summed E-state index contributed by atoms with van der Waals surface area (Å²) < 4.78 is 0. The van der Waals surface area contributed by atoms with Crippen molar-refractivity contribution in [2.75, 3.05) is 0 Å². The SMILES string of the molecule is C=C(CCCC)C(CC)C1C=C(c2cccc(C)c2)C=C1C. The van der Waals surface area contributed by atoms with Crippen LogP contribution in [0, 0.1) is 18.8 Å². The molecule has 2 atom stereocenters. The molecule has 0 aliphatic heterocycles. The largest absolute Gasteiger partial charge is 0.0995 e. The molecule has 1 aliphatic carbocycles. The number of rotatable bonds is 7. The summed E-state index contributed by atoms with van der Waals surface area (Å²) in [7, 11) is 0. The molecule has 1 aromatic rings. The lowest BCUT2D eigenvalue weighted by atomic mass is 9.80. The summed E-state index contributed by atoms with van der Waals surface area (Å²) >= 11 is 0. The van der Waals surface area contributed by atoms with Crippen molar-refractivity contribution in [2.45, 2.75) is 53.4 Å². The van der Waals surface area contributed by atoms with Gasteiger partial charge in [-0.2, -0.15) is 0 Å². The fraction of sp³-hybridized carbons (Fsp3) is 0.455. The van der Waals surface area contributed by atoms with Crippen LogP contribution in [0.1, 0.15) is 57.6 Å². The lowest BCUT2D eigenvalue weighted by Gasteiger charge is -2.25. The van der Waals surface area contributed by atoms with Gasteiger partial charge in [-0.3, -0.25) is 0 Å². The van der Waals surface area contributed by atoms with Gasteiger partial charge in [-0.25, -0.2) is 0 Å². The Labute approximate surface area is 136 Å². The molecule has 0 fully saturated rings. The molecule has 22 heavy (non-hydrogen) atoms. The molecule has 1 aliphatic rings.